The molecule has 24 heavy (non-hydrogen) atoms. The lowest BCUT2D eigenvalue weighted by molar-refractivity contribution is -0.137. The SMILES string of the molecule is C=C1C(=O)O[C@H]2/C=C(/C)CC/C=C(\C)CC[C@H](C(C)=O)[C@@H](O)C[C@@H]12. The topological polar surface area (TPSA) is 63.6 Å². The van der Waals surface area contributed by atoms with E-state index < -0.39 is 24.1 Å². The van der Waals surface area contributed by atoms with Crippen LogP contribution < -0.4 is 0 Å². The number of rotatable bonds is 1. The fourth-order valence-corrected chi connectivity index (χ4v) is 3.54. The maximum atomic E-state index is 12.0. The largest absolute Gasteiger partial charge is 0.454 e. The number of allylic oxidation sites excluding steroid dienone is 3. The molecule has 4 heteroatoms. The Morgan fingerprint density at radius 2 is 2.00 bits per heavy atom. The van der Waals surface area contributed by atoms with Crippen molar-refractivity contribution in [3.63, 3.8) is 0 Å². The van der Waals surface area contributed by atoms with E-state index in [0.717, 1.165) is 24.8 Å². The molecule has 0 spiro atoms. The monoisotopic (exact) mass is 332 g/mol. The highest BCUT2D eigenvalue weighted by Crippen LogP contribution is 2.35. The minimum absolute atomic E-state index is 0.00991. The van der Waals surface area contributed by atoms with Crippen molar-refractivity contribution in [3.8, 4) is 0 Å². The molecule has 0 unspecified atom stereocenters. The highest BCUT2D eigenvalue weighted by molar-refractivity contribution is 5.91. The first-order chi connectivity index (χ1) is 11.3. The number of carbonyl (C=O) groups is 2. The van der Waals surface area contributed by atoms with E-state index in [4.69, 9.17) is 4.74 Å². The predicted molar refractivity (Wildman–Crippen MR) is 93.3 cm³/mol. The summed E-state index contributed by atoms with van der Waals surface area (Å²) in [6.45, 7) is 9.46. The molecule has 1 aliphatic carbocycles. The van der Waals surface area contributed by atoms with Crippen LogP contribution in [-0.4, -0.2) is 29.1 Å². The van der Waals surface area contributed by atoms with Gasteiger partial charge in [0.25, 0.3) is 0 Å². The van der Waals surface area contributed by atoms with Gasteiger partial charge >= 0.3 is 5.97 Å². The van der Waals surface area contributed by atoms with Gasteiger partial charge in [-0.1, -0.05) is 23.8 Å². The zero-order chi connectivity index (χ0) is 17.9. The Balaban J connectivity index is 2.30. The fourth-order valence-electron chi connectivity index (χ4n) is 3.54. The number of hydrogen-bond donors (Lipinski definition) is 1. The molecule has 4 atom stereocenters. The standard InChI is InChI=1S/C20H28O4/c1-12-6-5-7-13(2)10-19-17(14(3)20(23)24-19)11-18(22)16(9-8-12)15(4)21/h6,10,16-19,22H,3,5,7-9,11H2,1-2,4H3/b12-6+,13-10-/t16-,17+,18+,19+/m1/s1. The summed E-state index contributed by atoms with van der Waals surface area (Å²) in [6.07, 6.45) is 6.57. The molecule has 0 aromatic rings. The van der Waals surface area contributed by atoms with Crippen molar-refractivity contribution < 1.29 is 19.4 Å². The number of carbonyl (C=O) groups excluding carboxylic acids is 2. The molecule has 132 valence electrons. The second kappa shape index (κ2) is 7.93. The van der Waals surface area contributed by atoms with E-state index in [1.807, 2.05) is 13.0 Å². The van der Waals surface area contributed by atoms with Gasteiger partial charge in [-0.15, -0.1) is 0 Å². The number of fused-ring (bicyclic) bond motifs is 1. The third kappa shape index (κ3) is 4.44. The number of hydrogen-bond acceptors (Lipinski definition) is 4. The Morgan fingerprint density at radius 1 is 1.29 bits per heavy atom. The van der Waals surface area contributed by atoms with E-state index in [0.29, 0.717) is 18.4 Å². The molecule has 4 nitrogen and oxygen atoms in total. The first kappa shape index (κ1) is 18.7. The zero-order valence-electron chi connectivity index (χ0n) is 14.9. The molecule has 0 bridgehead atoms. The van der Waals surface area contributed by atoms with Crippen molar-refractivity contribution in [3.05, 3.63) is 35.5 Å². The van der Waals surface area contributed by atoms with Gasteiger partial charge in [-0.2, -0.15) is 0 Å². The fraction of sp³-hybridized carbons (Fsp3) is 0.600. The van der Waals surface area contributed by atoms with Gasteiger partial charge in [-0.25, -0.2) is 4.79 Å². The Kier molecular flexibility index (Phi) is 6.16. The molecule has 1 saturated heterocycles. The smallest absolute Gasteiger partial charge is 0.334 e. The second-order valence-electron chi connectivity index (χ2n) is 7.16. The average Bonchev–Trinajstić information content (AvgIpc) is 2.74. The molecule has 2 aliphatic rings. The predicted octanol–water partition coefficient (Wildman–Crippen LogP) is 3.51. The lowest BCUT2D eigenvalue weighted by atomic mass is 9.82. The molecular weight excluding hydrogens is 304 g/mol. The number of ether oxygens (including phenoxy) is 1. The van der Waals surface area contributed by atoms with Crippen LogP contribution in [0.1, 0.15) is 52.9 Å². The molecule has 0 saturated carbocycles. The van der Waals surface area contributed by atoms with Crippen LogP contribution in [0.3, 0.4) is 0 Å². The minimum atomic E-state index is -0.788. The minimum Gasteiger partial charge on any atom is -0.454 e. The van der Waals surface area contributed by atoms with Crippen LogP contribution in [0, 0.1) is 11.8 Å². The summed E-state index contributed by atoms with van der Waals surface area (Å²) in [7, 11) is 0. The van der Waals surface area contributed by atoms with Gasteiger partial charge in [-0.3, -0.25) is 4.79 Å². The third-order valence-corrected chi connectivity index (χ3v) is 5.16. The van der Waals surface area contributed by atoms with Crippen LogP contribution in [0.2, 0.25) is 0 Å². The molecule has 1 fully saturated rings. The summed E-state index contributed by atoms with van der Waals surface area (Å²) in [5, 5.41) is 10.6. The van der Waals surface area contributed by atoms with Crippen LogP contribution in [0.25, 0.3) is 0 Å². The van der Waals surface area contributed by atoms with Crippen molar-refractivity contribution >= 4 is 11.8 Å². The van der Waals surface area contributed by atoms with Crippen LogP contribution >= 0.6 is 0 Å². The van der Waals surface area contributed by atoms with Crippen LogP contribution in [0.5, 0.6) is 0 Å². The summed E-state index contributed by atoms with van der Waals surface area (Å²) >= 11 is 0. The highest BCUT2D eigenvalue weighted by atomic mass is 16.6. The summed E-state index contributed by atoms with van der Waals surface area (Å²) in [5.41, 5.74) is 2.81. The van der Waals surface area contributed by atoms with Crippen molar-refractivity contribution in [1.29, 1.82) is 0 Å². The lowest BCUT2D eigenvalue weighted by Gasteiger charge is -2.24. The summed E-state index contributed by atoms with van der Waals surface area (Å²) < 4.78 is 5.42. The van der Waals surface area contributed by atoms with Gasteiger partial charge in [0.15, 0.2) is 0 Å². The number of Topliss-reactive ketones (excluding diaryl/α,β-unsaturated/α-hetero) is 1. The van der Waals surface area contributed by atoms with E-state index in [2.05, 4.69) is 19.6 Å². The van der Waals surface area contributed by atoms with Gasteiger partial charge in [0.1, 0.15) is 11.9 Å². The Hall–Kier alpha value is -1.68. The van der Waals surface area contributed by atoms with E-state index in [-0.39, 0.29) is 11.7 Å². The maximum Gasteiger partial charge on any atom is 0.334 e. The molecule has 0 aromatic carbocycles. The molecule has 0 aromatic heterocycles. The molecule has 2 rings (SSSR count). The Labute approximate surface area is 144 Å². The van der Waals surface area contributed by atoms with Crippen LogP contribution in [0.15, 0.2) is 35.5 Å². The molecule has 1 aliphatic heterocycles. The van der Waals surface area contributed by atoms with E-state index >= 15 is 0 Å². The van der Waals surface area contributed by atoms with Crippen LogP contribution in [0.4, 0.5) is 0 Å². The normalized spacial score (nSPS) is 36.8. The summed E-state index contributed by atoms with van der Waals surface area (Å²) in [6, 6.07) is 0. The highest BCUT2D eigenvalue weighted by Gasteiger charge is 2.40. The number of aliphatic hydroxyl groups excluding tert-OH is 1. The number of esters is 1. The van der Waals surface area contributed by atoms with Crippen molar-refractivity contribution in [1.82, 2.24) is 0 Å². The van der Waals surface area contributed by atoms with Gasteiger partial charge in [0.2, 0.25) is 0 Å². The summed E-state index contributed by atoms with van der Waals surface area (Å²) in [5.74, 6) is -1.09. The van der Waals surface area contributed by atoms with Gasteiger partial charge in [0, 0.05) is 17.4 Å². The van der Waals surface area contributed by atoms with Crippen molar-refractivity contribution in [2.45, 2.75) is 65.1 Å². The second-order valence-corrected chi connectivity index (χ2v) is 7.16. The van der Waals surface area contributed by atoms with E-state index in [1.54, 1.807) is 0 Å². The Morgan fingerprint density at radius 3 is 2.67 bits per heavy atom. The first-order valence-corrected chi connectivity index (χ1v) is 8.70. The van der Waals surface area contributed by atoms with E-state index in [1.165, 1.54) is 12.5 Å². The van der Waals surface area contributed by atoms with Crippen molar-refractivity contribution in [2.24, 2.45) is 11.8 Å². The maximum absolute atomic E-state index is 12.0. The Bertz CT molecular complexity index is 584. The van der Waals surface area contributed by atoms with Gasteiger partial charge in [-0.05, 0) is 59.0 Å². The molecule has 1 N–H and O–H groups in total. The van der Waals surface area contributed by atoms with Crippen molar-refractivity contribution in [2.75, 3.05) is 0 Å². The number of ketones is 1. The quantitative estimate of drug-likeness (QED) is 0.453. The lowest BCUT2D eigenvalue weighted by Crippen LogP contribution is -2.31. The third-order valence-electron chi connectivity index (χ3n) is 5.16. The van der Waals surface area contributed by atoms with Gasteiger partial charge < -0.3 is 9.84 Å². The van der Waals surface area contributed by atoms with E-state index in [9.17, 15) is 14.7 Å². The first-order valence-electron chi connectivity index (χ1n) is 8.70. The zero-order valence-corrected chi connectivity index (χ0v) is 14.9. The van der Waals surface area contributed by atoms with Gasteiger partial charge in [0.05, 0.1) is 6.10 Å². The van der Waals surface area contributed by atoms with Crippen LogP contribution in [-0.2, 0) is 14.3 Å². The average molecular weight is 332 g/mol. The molecule has 0 amide bonds. The summed E-state index contributed by atoms with van der Waals surface area (Å²) in [4.78, 5) is 23.9. The number of aliphatic hydroxyl groups is 1. The molecular formula is C20H28O4. The molecule has 1 heterocycles. The molecule has 0 radical (unpaired) electrons.